The Morgan fingerprint density at radius 3 is 2.11 bits per heavy atom. The molecule has 3 rings (SSSR count). The standard InChI is InChI=1S/C15H20ClN3O.C6H5Cl/c1-15(2,3)13-11(8-17)12(14(19-13)20-18)9-5-4-6-10(16)7-9;7-6-4-2-1-3-5-6/h4-7,11-14,19H,18H2,1-3H3;1-5H. The first kappa shape index (κ1) is 21.7. The molecular weight excluding hydrogens is 381 g/mol. The van der Waals surface area contributed by atoms with Crippen LogP contribution in [0.2, 0.25) is 10.0 Å². The van der Waals surface area contributed by atoms with E-state index in [0.29, 0.717) is 5.02 Å². The molecule has 1 heterocycles. The third-order valence-electron chi connectivity index (χ3n) is 4.61. The number of halogens is 2. The number of nitrogens with zero attached hydrogens (tertiary/aromatic N) is 1. The van der Waals surface area contributed by atoms with Gasteiger partial charge < -0.3 is 0 Å². The summed E-state index contributed by atoms with van der Waals surface area (Å²) in [6.07, 6.45) is -0.387. The highest BCUT2D eigenvalue weighted by Crippen LogP contribution is 2.42. The highest BCUT2D eigenvalue weighted by Gasteiger charge is 2.49. The van der Waals surface area contributed by atoms with Crippen molar-refractivity contribution in [2.45, 2.75) is 39.0 Å². The van der Waals surface area contributed by atoms with E-state index in [4.69, 9.17) is 33.9 Å². The van der Waals surface area contributed by atoms with Crippen molar-refractivity contribution in [2.75, 3.05) is 0 Å². The van der Waals surface area contributed by atoms with Gasteiger partial charge in [0.05, 0.1) is 12.0 Å². The molecule has 144 valence electrons. The van der Waals surface area contributed by atoms with Crippen molar-refractivity contribution in [2.24, 2.45) is 17.2 Å². The summed E-state index contributed by atoms with van der Waals surface area (Å²) in [4.78, 5) is 5.07. The summed E-state index contributed by atoms with van der Waals surface area (Å²) in [5.41, 5.74) is 0.906. The normalized spacial score (nSPS) is 24.6. The van der Waals surface area contributed by atoms with E-state index in [1.54, 1.807) is 0 Å². The van der Waals surface area contributed by atoms with Crippen LogP contribution in [-0.4, -0.2) is 12.3 Å². The molecule has 27 heavy (non-hydrogen) atoms. The molecule has 4 nitrogen and oxygen atoms in total. The number of benzene rings is 2. The number of nitriles is 1. The molecule has 0 saturated carbocycles. The molecule has 0 aromatic heterocycles. The van der Waals surface area contributed by atoms with E-state index in [-0.39, 0.29) is 29.5 Å². The molecule has 1 aliphatic heterocycles. The highest BCUT2D eigenvalue weighted by molar-refractivity contribution is 6.30. The molecule has 6 heteroatoms. The van der Waals surface area contributed by atoms with E-state index in [2.05, 4.69) is 32.2 Å². The van der Waals surface area contributed by atoms with Crippen molar-refractivity contribution in [3.05, 3.63) is 70.2 Å². The van der Waals surface area contributed by atoms with Gasteiger partial charge in [0.1, 0.15) is 6.23 Å². The minimum atomic E-state index is -0.387. The van der Waals surface area contributed by atoms with Gasteiger partial charge in [-0.3, -0.25) is 10.2 Å². The summed E-state index contributed by atoms with van der Waals surface area (Å²) < 4.78 is 0. The SMILES string of the molecule is CC(C)(C)C1NC(ON)C(c2cccc(Cl)c2)C1C#N.Clc1ccccc1. The van der Waals surface area contributed by atoms with Gasteiger partial charge in [0.25, 0.3) is 0 Å². The largest absolute Gasteiger partial charge is 0.285 e. The molecule has 1 aliphatic rings. The zero-order valence-electron chi connectivity index (χ0n) is 15.7. The van der Waals surface area contributed by atoms with Crippen molar-refractivity contribution in [3.63, 3.8) is 0 Å². The van der Waals surface area contributed by atoms with E-state index >= 15 is 0 Å². The van der Waals surface area contributed by atoms with E-state index in [9.17, 15) is 5.26 Å². The lowest BCUT2D eigenvalue weighted by Gasteiger charge is -2.30. The zero-order chi connectivity index (χ0) is 20.0. The monoisotopic (exact) mass is 405 g/mol. The number of hydrogen-bond acceptors (Lipinski definition) is 4. The summed E-state index contributed by atoms with van der Waals surface area (Å²) in [7, 11) is 0. The van der Waals surface area contributed by atoms with Crippen LogP contribution in [-0.2, 0) is 4.84 Å². The zero-order valence-corrected chi connectivity index (χ0v) is 17.2. The summed E-state index contributed by atoms with van der Waals surface area (Å²) in [6, 6.07) is 19.4. The number of rotatable bonds is 2. The Morgan fingerprint density at radius 1 is 1.04 bits per heavy atom. The average Bonchev–Trinajstić information content (AvgIpc) is 3.02. The first-order chi connectivity index (χ1) is 12.8. The van der Waals surface area contributed by atoms with Crippen LogP contribution < -0.4 is 11.2 Å². The Morgan fingerprint density at radius 2 is 1.67 bits per heavy atom. The van der Waals surface area contributed by atoms with Crippen LogP contribution in [0.5, 0.6) is 0 Å². The molecular formula is C21H25Cl2N3O. The van der Waals surface area contributed by atoms with Crippen LogP contribution in [0.1, 0.15) is 32.3 Å². The van der Waals surface area contributed by atoms with E-state index in [0.717, 1.165) is 10.6 Å². The summed E-state index contributed by atoms with van der Waals surface area (Å²) in [5, 5.41) is 14.4. The first-order valence-corrected chi connectivity index (χ1v) is 9.50. The van der Waals surface area contributed by atoms with E-state index in [1.165, 1.54) is 0 Å². The van der Waals surface area contributed by atoms with Crippen LogP contribution in [0.15, 0.2) is 54.6 Å². The van der Waals surface area contributed by atoms with Gasteiger partial charge >= 0.3 is 0 Å². The molecule has 0 radical (unpaired) electrons. The molecule has 2 aromatic rings. The second-order valence-electron chi connectivity index (χ2n) is 7.60. The first-order valence-electron chi connectivity index (χ1n) is 8.75. The average molecular weight is 406 g/mol. The third kappa shape index (κ3) is 5.68. The van der Waals surface area contributed by atoms with Gasteiger partial charge in [0.15, 0.2) is 0 Å². The lowest BCUT2D eigenvalue weighted by molar-refractivity contribution is 0.0242. The maximum atomic E-state index is 9.59. The van der Waals surface area contributed by atoms with Gasteiger partial charge in [-0.2, -0.15) is 5.26 Å². The molecule has 4 atom stereocenters. The second-order valence-corrected chi connectivity index (χ2v) is 8.47. The maximum Gasteiger partial charge on any atom is 0.137 e. The predicted octanol–water partition coefficient (Wildman–Crippen LogP) is 5.14. The van der Waals surface area contributed by atoms with Crippen LogP contribution in [0.3, 0.4) is 0 Å². The van der Waals surface area contributed by atoms with E-state index in [1.807, 2.05) is 54.6 Å². The Labute approximate surface area is 171 Å². The summed E-state index contributed by atoms with van der Waals surface area (Å²) in [6.45, 7) is 6.30. The van der Waals surface area contributed by atoms with Crippen molar-refractivity contribution in [3.8, 4) is 6.07 Å². The fraction of sp³-hybridized carbons (Fsp3) is 0.381. The maximum absolute atomic E-state index is 9.59. The molecule has 0 spiro atoms. The van der Waals surface area contributed by atoms with Gasteiger partial charge in [-0.1, -0.05) is 74.3 Å². The van der Waals surface area contributed by atoms with Gasteiger partial charge in [-0.15, -0.1) is 0 Å². The third-order valence-corrected chi connectivity index (χ3v) is 5.10. The Hall–Kier alpha value is -1.61. The van der Waals surface area contributed by atoms with E-state index < -0.39 is 0 Å². The highest BCUT2D eigenvalue weighted by atomic mass is 35.5. The van der Waals surface area contributed by atoms with Crippen molar-refractivity contribution < 1.29 is 4.84 Å². The van der Waals surface area contributed by atoms with Crippen molar-refractivity contribution in [1.29, 1.82) is 5.26 Å². The topological polar surface area (TPSA) is 71.1 Å². The van der Waals surface area contributed by atoms with Crippen molar-refractivity contribution in [1.82, 2.24) is 5.32 Å². The summed E-state index contributed by atoms with van der Waals surface area (Å²) in [5.74, 6) is 5.07. The smallest absolute Gasteiger partial charge is 0.137 e. The molecule has 0 bridgehead atoms. The van der Waals surface area contributed by atoms with Crippen LogP contribution >= 0.6 is 23.2 Å². The summed E-state index contributed by atoms with van der Waals surface area (Å²) >= 11 is 11.6. The minimum Gasteiger partial charge on any atom is -0.285 e. The molecule has 4 unspecified atom stereocenters. The fourth-order valence-corrected chi connectivity index (χ4v) is 3.70. The lowest BCUT2D eigenvalue weighted by Crippen LogP contribution is -2.42. The molecule has 3 N–H and O–H groups in total. The quantitative estimate of drug-likeness (QED) is 0.678. The minimum absolute atomic E-state index is 0.00466. The molecule has 0 aliphatic carbocycles. The Bertz CT molecular complexity index is 771. The van der Waals surface area contributed by atoms with Gasteiger partial charge in [0.2, 0.25) is 0 Å². The number of hydrogen-bond donors (Lipinski definition) is 2. The molecule has 0 amide bonds. The Balaban J connectivity index is 0.000000313. The van der Waals surface area contributed by atoms with Crippen LogP contribution in [0, 0.1) is 22.7 Å². The second kappa shape index (κ2) is 9.54. The van der Waals surface area contributed by atoms with Crippen molar-refractivity contribution >= 4 is 23.2 Å². The van der Waals surface area contributed by atoms with Gasteiger partial charge in [-0.25, -0.2) is 5.90 Å². The fourth-order valence-electron chi connectivity index (χ4n) is 3.36. The predicted molar refractivity (Wildman–Crippen MR) is 110 cm³/mol. The van der Waals surface area contributed by atoms with Gasteiger partial charge in [0, 0.05) is 22.0 Å². The number of nitrogens with two attached hydrogens (primary N) is 1. The molecule has 2 aromatic carbocycles. The van der Waals surface area contributed by atoms with Crippen LogP contribution in [0.25, 0.3) is 0 Å². The Kier molecular flexibility index (Phi) is 7.67. The van der Waals surface area contributed by atoms with Gasteiger partial charge in [-0.05, 0) is 35.2 Å². The number of nitrogens with one attached hydrogen (secondary N) is 1. The van der Waals surface area contributed by atoms with Crippen LogP contribution in [0.4, 0.5) is 0 Å². The molecule has 1 saturated heterocycles. The molecule has 1 fully saturated rings. The lowest BCUT2D eigenvalue weighted by atomic mass is 9.75.